The van der Waals surface area contributed by atoms with E-state index in [0.29, 0.717) is 0 Å². The van der Waals surface area contributed by atoms with Gasteiger partial charge in [-0.2, -0.15) is 0 Å². The van der Waals surface area contributed by atoms with Gasteiger partial charge in [0.1, 0.15) is 0 Å². The van der Waals surface area contributed by atoms with Crippen molar-refractivity contribution in [1.29, 1.82) is 0 Å². The largest absolute Gasteiger partial charge is 0.469 e. The number of halogens is 3. The van der Waals surface area contributed by atoms with Crippen molar-refractivity contribution in [2.45, 2.75) is 12.8 Å². The minimum Gasteiger partial charge on any atom is -0.469 e. The van der Waals surface area contributed by atoms with Crippen molar-refractivity contribution in [2.24, 2.45) is 0 Å². The molecule has 0 aliphatic carbocycles. The number of nitro groups is 1. The molecule has 1 rings (SSSR count). The van der Waals surface area contributed by atoms with Crippen LogP contribution in [-0.2, 0) is 16.0 Å². The first-order chi connectivity index (χ1) is 8.36. The first kappa shape index (κ1) is 14.7. The highest BCUT2D eigenvalue weighted by Crippen LogP contribution is 2.28. The van der Waals surface area contributed by atoms with Crippen LogP contribution in [0.5, 0.6) is 0 Å². The summed E-state index contributed by atoms with van der Waals surface area (Å²) in [4.78, 5) is 24.0. The molecule has 1 aromatic heterocycles. The third-order valence-electron chi connectivity index (χ3n) is 2.00. The standard InChI is InChI=1S/C9H7F2IN2O4/c1-18-6(15)3-4-2-5(14(16)17)13-8(7(4)12)9(10)11/h2,9H,3H2,1H3. The number of carbonyl (C=O) groups excluding carboxylic acids is 1. The Kier molecular flexibility index (Phi) is 4.87. The highest BCUT2D eigenvalue weighted by atomic mass is 127. The molecule has 1 aromatic rings. The van der Waals surface area contributed by atoms with E-state index < -0.39 is 28.8 Å². The SMILES string of the molecule is COC(=O)Cc1cc([N+](=O)[O-])nc(C(F)F)c1I. The van der Waals surface area contributed by atoms with Gasteiger partial charge in [-0.15, -0.1) is 0 Å². The number of esters is 1. The third-order valence-corrected chi connectivity index (χ3v) is 3.25. The highest BCUT2D eigenvalue weighted by molar-refractivity contribution is 14.1. The number of nitrogens with zero attached hydrogens (tertiary/aromatic N) is 2. The Balaban J connectivity index is 3.31. The van der Waals surface area contributed by atoms with Crippen LogP contribution in [0.1, 0.15) is 17.7 Å². The molecule has 0 fully saturated rings. The number of ether oxygens (including phenoxy) is 1. The number of rotatable bonds is 4. The summed E-state index contributed by atoms with van der Waals surface area (Å²) in [7, 11) is 1.14. The lowest BCUT2D eigenvalue weighted by atomic mass is 10.1. The fourth-order valence-corrected chi connectivity index (χ4v) is 1.89. The summed E-state index contributed by atoms with van der Waals surface area (Å²) in [5, 5.41) is 10.6. The van der Waals surface area contributed by atoms with Crippen LogP contribution in [-0.4, -0.2) is 23.0 Å². The molecule has 0 amide bonds. The van der Waals surface area contributed by atoms with Crippen LogP contribution in [0.15, 0.2) is 6.07 Å². The van der Waals surface area contributed by atoms with Crippen molar-refractivity contribution < 1.29 is 23.2 Å². The lowest BCUT2D eigenvalue weighted by Gasteiger charge is -2.05. The van der Waals surface area contributed by atoms with Crippen molar-refractivity contribution in [1.82, 2.24) is 4.98 Å². The van der Waals surface area contributed by atoms with Gasteiger partial charge in [0.15, 0.2) is 0 Å². The minimum atomic E-state index is -2.95. The second-order valence-corrected chi connectivity index (χ2v) is 4.23. The van der Waals surface area contributed by atoms with Gasteiger partial charge >= 0.3 is 18.2 Å². The number of pyridine rings is 1. The first-order valence-corrected chi connectivity index (χ1v) is 5.63. The van der Waals surface area contributed by atoms with Gasteiger partial charge < -0.3 is 14.9 Å². The number of alkyl halides is 2. The molecule has 0 N–H and O–H groups in total. The number of hydrogen-bond acceptors (Lipinski definition) is 5. The van der Waals surface area contributed by atoms with E-state index >= 15 is 0 Å². The molecule has 9 heteroatoms. The molecule has 0 saturated heterocycles. The second kappa shape index (κ2) is 5.98. The Morgan fingerprint density at radius 3 is 2.72 bits per heavy atom. The molecule has 18 heavy (non-hydrogen) atoms. The molecule has 0 aromatic carbocycles. The van der Waals surface area contributed by atoms with Crippen molar-refractivity contribution in [3.05, 3.63) is 31.0 Å². The maximum absolute atomic E-state index is 12.7. The van der Waals surface area contributed by atoms with Crippen molar-refractivity contribution in [3.8, 4) is 0 Å². The lowest BCUT2D eigenvalue weighted by Crippen LogP contribution is -2.10. The third kappa shape index (κ3) is 3.31. The molecule has 0 saturated carbocycles. The summed E-state index contributed by atoms with van der Waals surface area (Å²) in [6.07, 6.45) is -3.27. The molecule has 0 atom stereocenters. The molecule has 98 valence electrons. The smallest absolute Gasteiger partial charge is 0.364 e. The summed E-state index contributed by atoms with van der Waals surface area (Å²) < 4.78 is 29.7. The molecular formula is C9H7F2IN2O4. The number of aromatic nitrogens is 1. The van der Waals surface area contributed by atoms with Crippen LogP contribution in [0, 0.1) is 13.7 Å². The first-order valence-electron chi connectivity index (χ1n) is 4.55. The van der Waals surface area contributed by atoms with Crippen LogP contribution < -0.4 is 0 Å². The van der Waals surface area contributed by atoms with Crippen LogP contribution in [0.2, 0.25) is 0 Å². The maximum Gasteiger partial charge on any atom is 0.364 e. The Morgan fingerprint density at radius 2 is 2.28 bits per heavy atom. The Morgan fingerprint density at radius 1 is 1.67 bits per heavy atom. The number of hydrogen-bond donors (Lipinski definition) is 0. The van der Waals surface area contributed by atoms with E-state index in [2.05, 4.69) is 9.72 Å². The average molecular weight is 372 g/mol. The van der Waals surface area contributed by atoms with Crippen LogP contribution in [0.3, 0.4) is 0 Å². The topological polar surface area (TPSA) is 82.3 Å². The zero-order chi connectivity index (χ0) is 13.9. The van der Waals surface area contributed by atoms with Gasteiger partial charge in [-0.3, -0.25) is 4.79 Å². The van der Waals surface area contributed by atoms with Crippen molar-refractivity contribution in [2.75, 3.05) is 7.11 Å². The predicted molar refractivity (Wildman–Crippen MR) is 64.3 cm³/mol. The Labute approximate surface area is 114 Å². The maximum atomic E-state index is 12.7. The van der Waals surface area contributed by atoms with E-state index in [4.69, 9.17) is 0 Å². The van der Waals surface area contributed by atoms with E-state index in [9.17, 15) is 23.7 Å². The highest BCUT2D eigenvalue weighted by Gasteiger charge is 2.26. The molecule has 6 nitrogen and oxygen atoms in total. The van der Waals surface area contributed by atoms with E-state index in [0.717, 1.165) is 13.2 Å². The van der Waals surface area contributed by atoms with Gasteiger partial charge in [0.2, 0.25) is 5.69 Å². The molecule has 0 radical (unpaired) electrons. The summed E-state index contributed by atoms with van der Waals surface area (Å²) in [5.41, 5.74) is -0.608. The number of methoxy groups -OCH3 is 1. The van der Waals surface area contributed by atoms with Gasteiger partial charge in [-0.1, -0.05) is 0 Å². The summed E-state index contributed by atoms with van der Waals surface area (Å²) in [6.45, 7) is 0. The fourth-order valence-electron chi connectivity index (χ4n) is 1.18. The normalized spacial score (nSPS) is 10.5. The van der Waals surface area contributed by atoms with Crippen molar-refractivity contribution >= 4 is 34.4 Å². The van der Waals surface area contributed by atoms with Crippen LogP contribution >= 0.6 is 22.6 Å². The average Bonchev–Trinajstić information content (AvgIpc) is 2.30. The van der Waals surface area contributed by atoms with Gasteiger partial charge in [0, 0.05) is 6.07 Å². The predicted octanol–water partition coefficient (Wildman–Crippen LogP) is 2.25. The van der Waals surface area contributed by atoms with Gasteiger partial charge in [-0.05, 0) is 38.1 Å². The van der Waals surface area contributed by atoms with E-state index in [1.807, 2.05) is 0 Å². The molecule has 0 spiro atoms. The quantitative estimate of drug-likeness (QED) is 0.351. The van der Waals surface area contributed by atoms with E-state index in [-0.39, 0.29) is 15.6 Å². The molecule has 0 aliphatic rings. The Bertz CT molecular complexity index is 496. The zero-order valence-electron chi connectivity index (χ0n) is 9.02. The molecular weight excluding hydrogens is 365 g/mol. The molecule has 0 bridgehead atoms. The van der Waals surface area contributed by atoms with Gasteiger partial charge in [0.05, 0.1) is 17.1 Å². The molecule has 1 heterocycles. The minimum absolute atomic E-state index is 0.0265. The summed E-state index contributed by atoms with van der Waals surface area (Å²) >= 11 is 1.57. The molecule has 0 aliphatic heterocycles. The lowest BCUT2D eigenvalue weighted by molar-refractivity contribution is -0.389. The summed E-state index contributed by atoms with van der Waals surface area (Å²) in [6, 6.07) is 0.991. The van der Waals surface area contributed by atoms with Crippen LogP contribution in [0.25, 0.3) is 0 Å². The summed E-state index contributed by atoms with van der Waals surface area (Å²) in [5.74, 6) is -1.39. The van der Waals surface area contributed by atoms with E-state index in [1.165, 1.54) is 0 Å². The zero-order valence-corrected chi connectivity index (χ0v) is 11.2. The Hall–Kier alpha value is -1.39. The number of carbonyl (C=O) groups is 1. The second-order valence-electron chi connectivity index (χ2n) is 3.15. The van der Waals surface area contributed by atoms with Gasteiger partial charge in [0.25, 0.3) is 0 Å². The van der Waals surface area contributed by atoms with E-state index in [1.54, 1.807) is 22.6 Å². The van der Waals surface area contributed by atoms with Crippen LogP contribution in [0.4, 0.5) is 14.6 Å². The fraction of sp³-hybridized carbons (Fsp3) is 0.333. The monoisotopic (exact) mass is 372 g/mol. The van der Waals surface area contributed by atoms with Gasteiger partial charge in [-0.25, -0.2) is 8.78 Å². The van der Waals surface area contributed by atoms with Crippen molar-refractivity contribution in [3.63, 3.8) is 0 Å². The molecule has 0 unspecified atom stereocenters.